The Morgan fingerprint density at radius 2 is 2.50 bits per heavy atom. The number of nitrogens with two attached hydrogens (primary N) is 1. The van der Waals surface area contributed by atoms with E-state index in [0.717, 1.165) is 0 Å². The summed E-state index contributed by atoms with van der Waals surface area (Å²) in [6.07, 6.45) is 3.13. The lowest BCUT2D eigenvalue weighted by Gasteiger charge is -2.13. The molecule has 3 N–H and O–H groups in total. The van der Waals surface area contributed by atoms with Crippen molar-refractivity contribution in [2.75, 3.05) is 18.9 Å². The first-order valence-corrected chi connectivity index (χ1v) is 5.27. The zero-order chi connectivity index (χ0) is 12.0. The predicted molar refractivity (Wildman–Crippen MR) is 60.7 cm³/mol. The maximum absolute atomic E-state index is 11.5. The third-order valence-electron chi connectivity index (χ3n) is 1.94. The molecule has 1 unspecified atom stereocenters. The summed E-state index contributed by atoms with van der Waals surface area (Å²) in [5, 5.41) is 6.73. The molecule has 1 aromatic heterocycles. The van der Waals surface area contributed by atoms with Crippen LogP contribution in [-0.2, 0) is 16.1 Å². The van der Waals surface area contributed by atoms with Crippen molar-refractivity contribution in [2.45, 2.75) is 26.4 Å². The van der Waals surface area contributed by atoms with Crippen molar-refractivity contribution in [3.63, 3.8) is 0 Å². The Kier molecular flexibility index (Phi) is 4.78. The van der Waals surface area contributed by atoms with Gasteiger partial charge in [0.25, 0.3) is 0 Å². The first-order chi connectivity index (χ1) is 7.61. The first kappa shape index (κ1) is 12.5. The van der Waals surface area contributed by atoms with E-state index in [-0.39, 0.29) is 18.5 Å². The summed E-state index contributed by atoms with van der Waals surface area (Å²) in [5.41, 5.74) is 6.04. The Bertz CT molecular complexity index is 337. The second kappa shape index (κ2) is 6.12. The van der Waals surface area contributed by atoms with Gasteiger partial charge < -0.3 is 15.8 Å². The molecule has 6 nitrogen and oxygen atoms in total. The number of hydrogen-bond acceptors (Lipinski definition) is 4. The van der Waals surface area contributed by atoms with Gasteiger partial charge in [0.05, 0.1) is 18.5 Å². The molecule has 0 saturated carbocycles. The van der Waals surface area contributed by atoms with E-state index in [1.807, 2.05) is 13.8 Å². The van der Waals surface area contributed by atoms with Crippen LogP contribution in [0.1, 0.15) is 13.8 Å². The van der Waals surface area contributed by atoms with Crippen molar-refractivity contribution >= 4 is 11.6 Å². The van der Waals surface area contributed by atoms with Crippen molar-refractivity contribution in [3.8, 4) is 0 Å². The van der Waals surface area contributed by atoms with E-state index in [1.165, 1.54) is 10.9 Å². The van der Waals surface area contributed by atoms with Crippen LogP contribution in [0.3, 0.4) is 0 Å². The van der Waals surface area contributed by atoms with Crippen LogP contribution < -0.4 is 11.1 Å². The molecule has 0 aliphatic heterocycles. The Balaban J connectivity index is 2.30. The predicted octanol–water partition coefficient (Wildman–Crippen LogP) is 0.00650. The normalized spacial score (nSPS) is 12.4. The van der Waals surface area contributed by atoms with Gasteiger partial charge in [0, 0.05) is 18.8 Å². The van der Waals surface area contributed by atoms with E-state index in [4.69, 9.17) is 10.5 Å². The summed E-state index contributed by atoms with van der Waals surface area (Å²) in [7, 11) is 0. The molecule has 0 saturated heterocycles. The number of ether oxygens (including phenoxy) is 1. The molecule has 0 radical (unpaired) electrons. The van der Waals surface area contributed by atoms with Gasteiger partial charge in [-0.3, -0.25) is 9.48 Å². The second-order valence-electron chi connectivity index (χ2n) is 3.60. The Morgan fingerprint density at radius 1 is 1.75 bits per heavy atom. The molecule has 0 aliphatic rings. The number of nitrogens with zero attached hydrogens (tertiary/aromatic N) is 2. The van der Waals surface area contributed by atoms with Crippen LogP contribution in [0.25, 0.3) is 0 Å². The van der Waals surface area contributed by atoms with Gasteiger partial charge in [-0.05, 0) is 13.8 Å². The molecular formula is C10H18N4O2. The molecule has 0 spiro atoms. The third kappa shape index (κ3) is 4.31. The zero-order valence-corrected chi connectivity index (χ0v) is 9.64. The molecule has 0 aliphatic carbocycles. The van der Waals surface area contributed by atoms with Crippen LogP contribution in [0.15, 0.2) is 12.4 Å². The SMILES string of the molecule is CCOCC(C)NC(=O)Cn1cc(N)cn1. The number of hydrogen-bond donors (Lipinski definition) is 2. The number of carbonyl (C=O) groups is 1. The van der Waals surface area contributed by atoms with Gasteiger partial charge in [-0.1, -0.05) is 0 Å². The van der Waals surface area contributed by atoms with Gasteiger partial charge in [-0.25, -0.2) is 0 Å². The second-order valence-corrected chi connectivity index (χ2v) is 3.60. The van der Waals surface area contributed by atoms with Crippen LogP contribution in [0.2, 0.25) is 0 Å². The fourth-order valence-corrected chi connectivity index (χ4v) is 1.27. The molecule has 90 valence electrons. The smallest absolute Gasteiger partial charge is 0.242 e. The highest BCUT2D eigenvalue weighted by Gasteiger charge is 2.08. The highest BCUT2D eigenvalue weighted by atomic mass is 16.5. The summed E-state index contributed by atoms with van der Waals surface area (Å²) >= 11 is 0. The summed E-state index contributed by atoms with van der Waals surface area (Å²) < 4.78 is 6.69. The third-order valence-corrected chi connectivity index (χ3v) is 1.94. The Labute approximate surface area is 94.8 Å². The molecule has 1 heterocycles. The molecular weight excluding hydrogens is 208 g/mol. The highest BCUT2D eigenvalue weighted by molar-refractivity contribution is 5.76. The number of carbonyl (C=O) groups excluding carboxylic acids is 1. The summed E-state index contributed by atoms with van der Waals surface area (Å²) in [6, 6.07) is 0.000333. The van der Waals surface area contributed by atoms with Crippen molar-refractivity contribution in [1.82, 2.24) is 15.1 Å². The fraction of sp³-hybridized carbons (Fsp3) is 0.600. The minimum absolute atomic E-state index is 0.000333. The molecule has 1 aromatic rings. The average Bonchev–Trinajstić information content (AvgIpc) is 2.60. The number of nitrogens with one attached hydrogen (secondary N) is 1. The van der Waals surface area contributed by atoms with E-state index in [2.05, 4.69) is 10.4 Å². The molecule has 1 amide bonds. The Hall–Kier alpha value is -1.56. The van der Waals surface area contributed by atoms with Gasteiger partial charge in [-0.15, -0.1) is 0 Å². The number of aromatic nitrogens is 2. The van der Waals surface area contributed by atoms with Crippen LogP contribution in [0.5, 0.6) is 0 Å². The van der Waals surface area contributed by atoms with Gasteiger partial charge in [0.2, 0.25) is 5.91 Å². The van der Waals surface area contributed by atoms with E-state index < -0.39 is 0 Å². The highest BCUT2D eigenvalue weighted by Crippen LogP contribution is 1.97. The lowest BCUT2D eigenvalue weighted by Crippen LogP contribution is -2.38. The molecule has 0 aromatic carbocycles. The molecule has 1 atom stereocenters. The average molecular weight is 226 g/mol. The standard InChI is InChI=1S/C10H18N4O2/c1-3-16-7-8(2)13-10(15)6-14-5-9(11)4-12-14/h4-5,8H,3,6-7,11H2,1-2H3,(H,13,15). The molecule has 0 fully saturated rings. The van der Waals surface area contributed by atoms with Crippen LogP contribution in [0.4, 0.5) is 5.69 Å². The van der Waals surface area contributed by atoms with Crippen molar-refractivity contribution < 1.29 is 9.53 Å². The van der Waals surface area contributed by atoms with E-state index in [1.54, 1.807) is 6.20 Å². The maximum atomic E-state index is 11.5. The van der Waals surface area contributed by atoms with Crippen LogP contribution in [0, 0.1) is 0 Å². The minimum atomic E-state index is -0.102. The molecule has 16 heavy (non-hydrogen) atoms. The molecule has 0 bridgehead atoms. The monoisotopic (exact) mass is 226 g/mol. The van der Waals surface area contributed by atoms with E-state index >= 15 is 0 Å². The summed E-state index contributed by atoms with van der Waals surface area (Å²) in [5.74, 6) is -0.102. The van der Waals surface area contributed by atoms with Gasteiger partial charge in [0.1, 0.15) is 6.54 Å². The fourth-order valence-electron chi connectivity index (χ4n) is 1.27. The van der Waals surface area contributed by atoms with Gasteiger partial charge >= 0.3 is 0 Å². The van der Waals surface area contributed by atoms with Gasteiger partial charge in [-0.2, -0.15) is 5.10 Å². The van der Waals surface area contributed by atoms with E-state index in [9.17, 15) is 4.79 Å². The van der Waals surface area contributed by atoms with Crippen molar-refractivity contribution in [3.05, 3.63) is 12.4 Å². The van der Waals surface area contributed by atoms with Gasteiger partial charge in [0.15, 0.2) is 0 Å². The number of anilines is 1. The topological polar surface area (TPSA) is 82.2 Å². The van der Waals surface area contributed by atoms with Crippen LogP contribution >= 0.6 is 0 Å². The Morgan fingerprint density at radius 3 is 3.06 bits per heavy atom. The molecule has 1 rings (SSSR count). The number of nitrogen functional groups attached to an aromatic ring is 1. The van der Waals surface area contributed by atoms with Crippen molar-refractivity contribution in [2.24, 2.45) is 0 Å². The number of rotatable bonds is 6. The lowest BCUT2D eigenvalue weighted by atomic mass is 10.3. The largest absolute Gasteiger partial charge is 0.396 e. The summed E-state index contributed by atoms with van der Waals surface area (Å²) in [6.45, 7) is 5.15. The number of amides is 1. The van der Waals surface area contributed by atoms with Crippen molar-refractivity contribution in [1.29, 1.82) is 0 Å². The van der Waals surface area contributed by atoms with Crippen LogP contribution in [-0.4, -0.2) is 34.9 Å². The molecule has 6 heteroatoms. The quantitative estimate of drug-likeness (QED) is 0.715. The summed E-state index contributed by atoms with van der Waals surface area (Å²) in [4.78, 5) is 11.5. The van der Waals surface area contributed by atoms with E-state index in [0.29, 0.717) is 18.9 Å². The first-order valence-electron chi connectivity index (χ1n) is 5.27. The lowest BCUT2D eigenvalue weighted by molar-refractivity contribution is -0.122. The maximum Gasteiger partial charge on any atom is 0.242 e. The minimum Gasteiger partial charge on any atom is -0.396 e. The zero-order valence-electron chi connectivity index (χ0n) is 9.64.